The van der Waals surface area contributed by atoms with Crippen LogP contribution in [0.4, 0.5) is 15.9 Å². The summed E-state index contributed by atoms with van der Waals surface area (Å²) in [6.07, 6.45) is 3.86. The topological polar surface area (TPSA) is 113 Å². The molecular formula is C27H26FN7O. The van der Waals surface area contributed by atoms with Gasteiger partial charge in [0.1, 0.15) is 22.8 Å². The smallest absolute Gasteiger partial charge is 0.224 e. The lowest BCUT2D eigenvalue weighted by atomic mass is 9.91. The van der Waals surface area contributed by atoms with Crippen molar-refractivity contribution in [3.63, 3.8) is 0 Å². The molecule has 1 amide bonds. The van der Waals surface area contributed by atoms with Gasteiger partial charge in [-0.3, -0.25) is 9.89 Å². The highest BCUT2D eigenvalue weighted by Crippen LogP contribution is 2.63. The second kappa shape index (κ2) is 7.83. The van der Waals surface area contributed by atoms with Crippen molar-refractivity contribution >= 4 is 28.6 Å². The van der Waals surface area contributed by atoms with E-state index < -0.39 is 0 Å². The number of aromatic nitrogens is 4. The Hall–Kier alpha value is -3.85. The van der Waals surface area contributed by atoms with Gasteiger partial charge in [-0.05, 0) is 47.9 Å². The highest BCUT2D eigenvalue weighted by molar-refractivity contribution is 5.97. The number of nitrogens with two attached hydrogens (primary N) is 1. The number of aromatic amines is 1. The first-order valence-electron chi connectivity index (χ1n) is 12.4. The summed E-state index contributed by atoms with van der Waals surface area (Å²) < 4.78 is 14.7. The maximum atomic E-state index is 14.7. The molecule has 1 saturated heterocycles. The summed E-state index contributed by atoms with van der Waals surface area (Å²) in [5, 5.41) is 10.6. The maximum absolute atomic E-state index is 14.7. The first kappa shape index (κ1) is 21.4. The third kappa shape index (κ3) is 3.02. The van der Waals surface area contributed by atoms with Crippen molar-refractivity contribution in [2.24, 2.45) is 17.6 Å². The summed E-state index contributed by atoms with van der Waals surface area (Å²) in [5.74, 6) is 1.32. The Morgan fingerprint density at radius 1 is 1.14 bits per heavy atom. The van der Waals surface area contributed by atoms with Gasteiger partial charge in [-0.2, -0.15) is 5.10 Å². The number of rotatable bonds is 4. The van der Waals surface area contributed by atoms with E-state index in [2.05, 4.69) is 20.4 Å². The Balaban J connectivity index is 1.18. The van der Waals surface area contributed by atoms with Crippen molar-refractivity contribution in [2.75, 3.05) is 29.9 Å². The maximum Gasteiger partial charge on any atom is 0.224 e. The molecule has 3 aliphatic rings. The molecule has 7 rings (SSSR count). The van der Waals surface area contributed by atoms with Gasteiger partial charge in [0.05, 0.1) is 6.20 Å². The molecule has 2 aromatic heterocycles. The van der Waals surface area contributed by atoms with E-state index in [0.717, 1.165) is 53.4 Å². The van der Waals surface area contributed by atoms with Crippen molar-refractivity contribution in [1.82, 2.24) is 20.2 Å². The number of anilines is 2. The number of amides is 1. The Kier molecular flexibility index (Phi) is 4.66. The Morgan fingerprint density at radius 2 is 2.03 bits per heavy atom. The third-order valence-electron chi connectivity index (χ3n) is 8.43. The van der Waals surface area contributed by atoms with Crippen LogP contribution in [0.1, 0.15) is 24.0 Å². The zero-order valence-electron chi connectivity index (χ0n) is 19.7. The Morgan fingerprint density at radius 3 is 2.89 bits per heavy atom. The van der Waals surface area contributed by atoms with E-state index in [9.17, 15) is 9.18 Å². The molecule has 2 aromatic carbocycles. The average Bonchev–Trinajstić information content (AvgIpc) is 3.36. The minimum atomic E-state index is -0.305. The summed E-state index contributed by atoms with van der Waals surface area (Å²) in [7, 11) is 0. The van der Waals surface area contributed by atoms with Crippen LogP contribution in [-0.4, -0.2) is 45.7 Å². The van der Waals surface area contributed by atoms with E-state index in [0.29, 0.717) is 36.5 Å². The number of hydrogen-bond acceptors (Lipinski definition) is 6. The summed E-state index contributed by atoms with van der Waals surface area (Å²) in [5.41, 5.74) is 11.6. The van der Waals surface area contributed by atoms with Crippen LogP contribution in [0.15, 0.2) is 48.7 Å². The average molecular weight is 484 g/mol. The standard InChI is InChI=1S/C27H26FN7O/c28-20-6-2-1-5-18(20)27(14-29)17-10-11-35(13-19(17)27)22-12-30-25-24(33-34-26(25)32-22)16-4-3-7-21-15(16)8-9-23(36)31-21/h1-7,12,17,19H,8-11,13-14,29H2,(H,31,36)(H,32,33,34)/t17-,19+,27-/m1/s1. The minimum absolute atomic E-state index is 0.0315. The van der Waals surface area contributed by atoms with Gasteiger partial charge in [-0.15, -0.1) is 0 Å². The first-order valence-corrected chi connectivity index (χ1v) is 12.4. The van der Waals surface area contributed by atoms with Gasteiger partial charge in [-0.25, -0.2) is 14.4 Å². The van der Waals surface area contributed by atoms with Crippen molar-refractivity contribution < 1.29 is 9.18 Å². The molecule has 8 nitrogen and oxygen atoms in total. The summed E-state index contributed by atoms with van der Waals surface area (Å²) in [6, 6.07) is 12.9. The van der Waals surface area contributed by atoms with Gasteiger partial charge in [-0.1, -0.05) is 30.3 Å². The molecule has 0 unspecified atom stereocenters. The molecule has 4 heterocycles. The molecule has 4 aromatic rings. The van der Waals surface area contributed by atoms with Crippen LogP contribution in [0.3, 0.4) is 0 Å². The van der Waals surface area contributed by atoms with Gasteiger partial charge in [0, 0.05) is 42.7 Å². The van der Waals surface area contributed by atoms with Crippen molar-refractivity contribution in [2.45, 2.75) is 24.7 Å². The normalized spacial score (nSPS) is 24.8. The monoisotopic (exact) mass is 483 g/mol. The van der Waals surface area contributed by atoms with Gasteiger partial charge < -0.3 is 16.0 Å². The number of benzene rings is 2. The van der Waals surface area contributed by atoms with Crippen molar-refractivity contribution in [1.29, 1.82) is 0 Å². The number of halogens is 1. The van der Waals surface area contributed by atoms with E-state index in [4.69, 9.17) is 15.7 Å². The molecule has 0 spiro atoms. The number of carbonyl (C=O) groups excluding carboxylic acids is 1. The summed E-state index contributed by atoms with van der Waals surface area (Å²) in [4.78, 5) is 23.7. The van der Waals surface area contributed by atoms with E-state index in [1.807, 2.05) is 30.3 Å². The second-order valence-corrected chi connectivity index (χ2v) is 10.0. The quantitative estimate of drug-likeness (QED) is 0.410. The molecule has 36 heavy (non-hydrogen) atoms. The van der Waals surface area contributed by atoms with Crippen LogP contribution >= 0.6 is 0 Å². The number of nitrogens with zero attached hydrogens (tertiary/aromatic N) is 4. The molecule has 0 radical (unpaired) electrons. The number of fused-ring (bicyclic) bond motifs is 3. The summed E-state index contributed by atoms with van der Waals surface area (Å²) in [6.45, 7) is 2.03. The van der Waals surface area contributed by atoms with E-state index >= 15 is 0 Å². The van der Waals surface area contributed by atoms with E-state index in [-0.39, 0.29) is 23.1 Å². The molecule has 3 atom stereocenters. The van der Waals surface area contributed by atoms with Crippen LogP contribution in [-0.2, 0) is 16.6 Å². The van der Waals surface area contributed by atoms with Crippen LogP contribution in [0.5, 0.6) is 0 Å². The lowest BCUT2D eigenvalue weighted by molar-refractivity contribution is -0.116. The predicted octanol–water partition coefficient (Wildman–Crippen LogP) is 3.40. The number of hydrogen-bond donors (Lipinski definition) is 3. The number of carbonyl (C=O) groups is 1. The Labute approximate surface area is 207 Å². The lowest BCUT2D eigenvalue weighted by Crippen LogP contribution is -2.32. The SMILES string of the molecule is NC[C@]1(c2ccccc2F)[C@@H]2CCN(c3cnc4c(-c5cccc6c5CCC(=O)N6)n[nH]c4n3)C[C@@H]21. The van der Waals surface area contributed by atoms with Gasteiger partial charge in [0.2, 0.25) is 5.91 Å². The molecular weight excluding hydrogens is 457 g/mol. The zero-order chi connectivity index (χ0) is 24.4. The van der Waals surface area contributed by atoms with Crippen LogP contribution in [0.25, 0.3) is 22.4 Å². The van der Waals surface area contributed by atoms with Crippen LogP contribution in [0, 0.1) is 17.7 Å². The van der Waals surface area contributed by atoms with Crippen LogP contribution < -0.4 is 16.0 Å². The van der Waals surface area contributed by atoms with Gasteiger partial charge in [0.15, 0.2) is 5.65 Å². The number of H-pyrrole nitrogens is 1. The molecule has 4 N–H and O–H groups in total. The highest BCUT2D eigenvalue weighted by atomic mass is 19.1. The minimum Gasteiger partial charge on any atom is -0.355 e. The van der Waals surface area contributed by atoms with Crippen molar-refractivity contribution in [3.05, 3.63) is 65.6 Å². The van der Waals surface area contributed by atoms with Crippen molar-refractivity contribution in [3.8, 4) is 11.3 Å². The van der Waals surface area contributed by atoms with Crippen LogP contribution in [0.2, 0.25) is 0 Å². The van der Waals surface area contributed by atoms with E-state index in [1.165, 1.54) is 6.07 Å². The molecule has 2 aliphatic heterocycles. The second-order valence-electron chi connectivity index (χ2n) is 10.0. The van der Waals surface area contributed by atoms with E-state index in [1.54, 1.807) is 12.3 Å². The molecule has 182 valence electrons. The lowest BCUT2D eigenvalue weighted by Gasteiger charge is -2.26. The molecule has 1 aliphatic carbocycles. The predicted molar refractivity (Wildman–Crippen MR) is 135 cm³/mol. The largest absolute Gasteiger partial charge is 0.355 e. The highest BCUT2D eigenvalue weighted by Gasteiger charge is 2.66. The Bertz CT molecular complexity index is 1520. The molecule has 9 heteroatoms. The van der Waals surface area contributed by atoms with Gasteiger partial charge in [0.25, 0.3) is 0 Å². The fourth-order valence-electron chi connectivity index (χ4n) is 6.62. The molecule has 0 bridgehead atoms. The fourth-order valence-corrected chi connectivity index (χ4v) is 6.62. The zero-order valence-corrected chi connectivity index (χ0v) is 19.7. The third-order valence-corrected chi connectivity index (χ3v) is 8.43. The number of piperidine rings is 1. The first-order chi connectivity index (χ1) is 17.6. The fraction of sp³-hybridized carbons (Fsp3) is 0.333. The van der Waals surface area contributed by atoms with Gasteiger partial charge >= 0.3 is 0 Å². The molecule has 2 fully saturated rings. The molecule has 1 saturated carbocycles. The summed E-state index contributed by atoms with van der Waals surface area (Å²) >= 11 is 0. The number of nitrogens with one attached hydrogen (secondary N) is 2.